The van der Waals surface area contributed by atoms with Crippen molar-refractivity contribution in [2.75, 3.05) is 20.6 Å². The molecule has 0 aliphatic carbocycles. The van der Waals surface area contributed by atoms with Crippen molar-refractivity contribution in [3.8, 4) is 5.75 Å². The number of Topliss-reactive ketones (excluding diaryl/α,β-unsaturated/α-hetero) is 1. The standard InChI is InChI=1S/C17H18FNO2.ClH/c1-19(2)11-16(12-6-8-14(18)9-7-12)17(21)13-4-3-5-15(20)10-13;/h3-10,16,20H,11H2,1-2H3;1H. The number of likely N-dealkylation sites (N-methyl/N-ethyl adjacent to an activating group) is 1. The Hall–Kier alpha value is -1.91. The number of aromatic hydroxyl groups is 1. The average Bonchev–Trinajstić information content (AvgIpc) is 2.45. The second-order valence-corrected chi connectivity index (χ2v) is 5.28. The number of benzene rings is 2. The molecular formula is C17H19ClFNO2. The second kappa shape index (κ2) is 7.92. The van der Waals surface area contributed by atoms with Crippen LogP contribution in [0.15, 0.2) is 48.5 Å². The minimum atomic E-state index is -0.401. The molecule has 0 saturated carbocycles. The Labute approximate surface area is 135 Å². The highest BCUT2D eigenvalue weighted by Gasteiger charge is 2.23. The van der Waals surface area contributed by atoms with Crippen LogP contribution in [0.1, 0.15) is 21.8 Å². The van der Waals surface area contributed by atoms with E-state index in [4.69, 9.17) is 0 Å². The van der Waals surface area contributed by atoms with Crippen molar-refractivity contribution in [1.29, 1.82) is 0 Å². The number of ketones is 1. The molecule has 0 aliphatic heterocycles. The number of phenols is 1. The third-order valence-corrected chi connectivity index (χ3v) is 3.27. The Morgan fingerprint density at radius 2 is 1.82 bits per heavy atom. The van der Waals surface area contributed by atoms with Crippen molar-refractivity contribution in [2.45, 2.75) is 5.92 Å². The maximum atomic E-state index is 13.1. The molecule has 5 heteroatoms. The van der Waals surface area contributed by atoms with Crippen molar-refractivity contribution in [3.05, 3.63) is 65.5 Å². The van der Waals surface area contributed by atoms with Crippen LogP contribution in [0.3, 0.4) is 0 Å². The smallest absolute Gasteiger partial charge is 0.171 e. The van der Waals surface area contributed by atoms with E-state index in [1.165, 1.54) is 24.3 Å². The van der Waals surface area contributed by atoms with E-state index >= 15 is 0 Å². The summed E-state index contributed by atoms with van der Waals surface area (Å²) in [5.74, 6) is -0.760. The molecule has 0 fully saturated rings. The SMILES string of the molecule is CN(C)CC(C(=O)c1cccc(O)c1)c1ccc(F)cc1.Cl. The number of carbonyl (C=O) groups excluding carboxylic acids is 1. The van der Waals surface area contributed by atoms with Gasteiger partial charge < -0.3 is 10.0 Å². The number of hydrogen-bond acceptors (Lipinski definition) is 3. The molecule has 1 unspecified atom stereocenters. The lowest BCUT2D eigenvalue weighted by atomic mass is 9.90. The molecule has 0 amide bonds. The van der Waals surface area contributed by atoms with E-state index in [0.717, 1.165) is 5.56 Å². The molecule has 2 aromatic carbocycles. The van der Waals surface area contributed by atoms with E-state index in [1.807, 2.05) is 19.0 Å². The van der Waals surface area contributed by atoms with Crippen LogP contribution in [0, 0.1) is 5.82 Å². The van der Waals surface area contributed by atoms with Crippen molar-refractivity contribution < 1.29 is 14.3 Å². The zero-order valence-corrected chi connectivity index (χ0v) is 13.3. The number of rotatable bonds is 5. The normalized spacial score (nSPS) is 11.8. The van der Waals surface area contributed by atoms with Crippen LogP contribution >= 0.6 is 12.4 Å². The monoisotopic (exact) mass is 323 g/mol. The van der Waals surface area contributed by atoms with Gasteiger partial charge in [0.25, 0.3) is 0 Å². The summed E-state index contributed by atoms with van der Waals surface area (Å²) in [5.41, 5.74) is 1.21. The van der Waals surface area contributed by atoms with Crippen LogP contribution in [-0.2, 0) is 0 Å². The molecule has 2 aromatic rings. The molecule has 0 saturated heterocycles. The van der Waals surface area contributed by atoms with Crippen LogP contribution in [-0.4, -0.2) is 36.4 Å². The van der Waals surface area contributed by atoms with E-state index in [1.54, 1.807) is 24.3 Å². The van der Waals surface area contributed by atoms with Gasteiger partial charge in [0.1, 0.15) is 11.6 Å². The second-order valence-electron chi connectivity index (χ2n) is 5.28. The highest BCUT2D eigenvalue weighted by Crippen LogP contribution is 2.24. The van der Waals surface area contributed by atoms with Crippen molar-refractivity contribution in [2.24, 2.45) is 0 Å². The lowest BCUT2D eigenvalue weighted by Gasteiger charge is -2.20. The summed E-state index contributed by atoms with van der Waals surface area (Å²) in [6, 6.07) is 12.3. The van der Waals surface area contributed by atoms with Gasteiger partial charge in [0.05, 0.1) is 5.92 Å². The fourth-order valence-corrected chi connectivity index (χ4v) is 2.26. The summed E-state index contributed by atoms with van der Waals surface area (Å²) in [7, 11) is 3.76. The van der Waals surface area contributed by atoms with Gasteiger partial charge in [-0.1, -0.05) is 24.3 Å². The summed E-state index contributed by atoms with van der Waals surface area (Å²) in [6.45, 7) is 0.514. The van der Waals surface area contributed by atoms with E-state index in [9.17, 15) is 14.3 Å². The van der Waals surface area contributed by atoms with Crippen LogP contribution < -0.4 is 0 Å². The molecule has 0 heterocycles. The van der Waals surface area contributed by atoms with Crippen molar-refractivity contribution >= 4 is 18.2 Å². The quantitative estimate of drug-likeness (QED) is 0.856. The molecule has 0 aliphatic rings. The average molecular weight is 324 g/mol. The first-order chi connectivity index (χ1) is 9.97. The molecule has 0 radical (unpaired) electrons. The van der Waals surface area contributed by atoms with Gasteiger partial charge in [0.15, 0.2) is 5.78 Å². The minimum Gasteiger partial charge on any atom is -0.508 e. The third-order valence-electron chi connectivity index (χ3n) is 3.27. The fraction of sp³-hybridized carbons (Fsp3) is 0.235. The first kappa shape index (κ1) is 18.1. The Morgan fingerprint density at radius 3 is 2.36 bits per heavy atom. The molecule has 0 spiro atoms. The Bertz CT molecular complexity index is 629. The highest BCUT2D eigenvalue weighted by molar-refractivity contribution is 6.01. The molecule has 1 atom stereocenters. The summed E-state index contributed by atoms with van der Waals surface area (Å²) < 4.78 is 13.1. The molecule has 118 valence electrons. The van der Waals surface area contributed by atoms with Gasteiger partial charge in [-0.25, -0.2) is 4.39 Å². The Morgan fingerprint density at radius 1 is 1.18 bits per heavy atom. The summed E-state index contributed by atoms with van der Waals surface area (Å²) in [6.07, 6.45) is 0. The van der Waals surface area contributed by atoms with E-state index in [-0.39, 0.29) is 29.8 Å². The lowest BCUT2D eigenvalue weighted by Crippen LogP contribution is -2.26. The van der Waals surface area contributed by atoms with E-state index < -0.39 is 5.92 Å². The highest BCUT2D eigenvalue weighted by atomic mass is 35.5. The summed E-state index contributed by atoms with van der Waals surface area (Å²) in [5, 5.41) is 9.52. The van der Waals surface area contributed by atoms with Gasteiger partial charge in [-0.3, -0.25) is 4.79 Å². The van der Waals surface area contributed by atoms with Gasteiger partial charge in [0, 0.05) is 12.1 Å². The largest absolute Gasteiger partial charge is 0.508 e. The number of phenolic OH excluding ortho intramolecular Hbond substituents is 1. The number of nitrogens with zero attached hydrogens (tertiary/aromatic N) is 1. The minimum absolute atomic E-state index is 0. The zero-order valence-electron chi connectivity index (χ0n) is 12.5. The van der Waals surface area contributed by atoms with Gasteiger partial charge >= 0.3 is 0 Å². The van der Waals surface area contributed by atoms with E-state index in [0.29, 0.717) is 12.1 Å². The molecule has 0 aromatic heterocycles. The van der Waals surface area contributed by atoms with Crippen LogP contribution in [0.25, 0.3) is 0 Å². The predicted molar refractivity (Wildman–Crippen MR) is 87.4 cm³/mol. The van der Waals surface area contributed by atoms with Crippen molar-refractivity contribution in [1.82, 2.24) is 4.90 Å². The topological polar surface area (TPSA) is 40.5 Å². The number of carbonyl (C=O) groups is 1. The maximum Gasteiger partial charge on any atom is 0.171 e. The molecular weight excluding hydrogens is 305 g/mol. The lowest BCUT2D eigenvalue weighted by molar-refractivity contribution is 0.0944. The molecule has 0 bridgehead atoms. The number of halogens is 2. The van der Waals surface area contributed by atoms with Crippen LogP contribution in [0.2, 0.25) is 0 Å². The number of hydrogen-bond donors (Lipinski definition) is 1. The Kier molecular flexibility index (Phi) is 6.53. The van der Waals surface area contributed by atoms with Gasteiger partial charge in [-0.15, -0.1) is 12.4 Å². The van der Waals surface area contributed by atoms with Crippen LogP contribution in [0.5, 0.6) is 5.75 Å². The molecule has 22 heavy (non-hydrogen) atoms. The van der Waals surface area contributed by atoms with Gasteiger partial charge in [-0.05, 0) is 43.9 Å². The van der Waals surface area contributed by atoms with E-state index in [2.05, 4.69) is 0 Å². The molecule has 3 nitrogen and oxygen atoms in total. The first-order valence-electron chi connectivity index (χ1n) is 6.71. The maximum absolute atomic E-state index is 13.1. The Balaban J connectivity index is 0.00000242. The van der Waals surface area contributed by atoms with Crippen LogP contribution in [0.4, 0.5) is 4.39 Å². The van der Waals surface area contributed by atoms with Gasteiger partial charge in [-0.2, -0.15) is 0 Å². The third kappa shape index (κ3) is 4.55. The molecule has 2 rings (SSSR count). The zero-order chi connectivity index (χ0) is 15.4. The van der Waals surface area contributed by atoms with Gasteiger partial charge in [0.2, 0.25) is 0 Å². The predicted octanol–water partition coefficient (Wildman–Crippen LogP) is 3.48. The molecule has 1 N–H and O–H groups in total. The van der Waals surface area contributed by atoms with Crippen molar-refractivity contribution in [3.63, 3.8) is 0 Å². The first-order valence-corrected chi connectivity index (χ1v) is 6.71. The summed E-state index contributed by atoms with van der Waals surface area (Å²) >= 11 is 0. The summed E-state index contributed by atoms with van der Waals surface area (Å²) in [4.78, 5) is 14.6. The fourth-order valence-electron chi connectivity index (χ4n) is 2.26.